The van der Waals surface area contributed by atoms with Crippen molar-refractivity contribution in [1.82, 2.24) is 5.32 Å². The van der Waals surface area contributed by atoms with Crippen LogP contribution in [-0.2, 0) is 16.3 Å². The van der Waals surface area contributed by atoms with Crippen LogP contribution in [0.2, 0.25) is 0 Å². The third-order valence-electron chi connectivity index (χ3n) is 3.23. The first kappa shape index (κ1) is 18.0. The van der Waals surface area contributed by atoms with Gasteiger partial charge < -0.3 is 5.32 Å². The standard InChI is InChI=1S/C15H23F2NO2S/c1-3-8-18-14(5-4-9-21(2,19)20)10-12-6-7-13(16)11-15(12)17/h6-7,11,14,18H,3-5,8-10H2,1-2H3. The smallest absolute Gasteiger partial charge is 0.147 e. The normalized spacial score (nSPS) is 13.3. The fourth-order valence-corrected chi connectivity index (χ4v) is 2.86. The molecule has 0 fully saturated rings. The molecule has 0 radical (unpaired) electrons. The molecule has 0 aromatic heterocycles. The van der Waals surface area contributed by atoms with Crippen molar-refractivity contribution < 1.29 is 17.2 Å². The average molecular weight is 319 g/mol. The van der Waals surface area contributed by atoms with Crippen LogP contribution in [0.3, 0.4) is 0 Å². The molecule has 0 bridgehead atoms. The Bertz CT molecular complexity index is 547. The van der Waals surface area contributed by atoms with E-state index in [9.17, 15) is 17.2 Å². The summed E-state index contributed by atoms with van der Waals surface area (Å²) in [5.41, 5.74) is 0.448. The Balaban J connectivity index is 2.64. The summed E-state index contributed by atoms with van der Waals surface area (Å²) < 4.78 is 48.9. The van der Waals surface area contributed by atoms with Crippen molar-refractivity contribution in [3.63, 3.8) is 0 Å². The van der Waals surface area contributed by atoms with Gasteiger partial charge in [0, 0.05) is 24.1 Å². The van der Waals surface area contributed by atoms with Crippen molar-refractivity contribution in [2.24, 2.45) is 0 Å². The highest BCUT2D eigenvalue weighted by Gasteiger charge is 2.13. The summed E-state index contributed by atoms with van der Waals surface area (Å²) in [6, 6.07) is 3.56. The number of hydrogen-bond acceptors (Lipinski definition) is 3. The number of benzene rings is 1. The van der Waals surface area contributed by atoms with Gasteiger partial charge in [-0.2, -0.15) is 0 Å². The van der Waals surface area contributed by atoms with E-state index in [0.29, 0.717) is 24.8 Å². The lowest BCUT2D eigenvalue weighted by Gasteiger charge is -2.19. The molecule has 0 aliphatic carbocycles. The summed E-state index contributed by atoms with van der Waals surface area (Å²) in [6.07, 6.45) is 3.75. The Morgan fingerprint density at radius 1 is 1.29 bits per heavy atom. The second-order valence-electron chi connectivity index (χ2n) is 5.36. The summed E-state index contributed by atoms with van der Waals surface area (Å²) in [6.45, 7) is 2.81. The van der Waals surface area contributed by atoms with Gasteiger partial charge in [0.15, 0.2) is 0 Å². The lowest BCUT2D eigenvalue weighted by molar-refractivity contribution is 0.461. The van der Waals surface area contributed by atoms with Gasteiger partial charge >= 0.3 is 0 Å². The van der Waals surface area contributed by atoms with Gasteiger partial charge in [-0.1, -0.05) is 13.0 Å². The Morgan fingerprint density at radius 2 is 2.00 bits per heavy atom. The number of sulfone groups is 1. The number of rotatable bonds is 9. The largest absolute Gasteiger partial charge is 0.314 e. The fourth-order valence-electron chi connectivity index (χ4n) is 2.17. The van der Waals surface area contributed by atoms with E-state index in [1.807, 2.05) is 6.92 Å². The van der Waals surface area contributed by atoms with Crippen LogP contribution in [0.1, 0.15) is 31.7 Å². The highest BCUT2D eigenvalue weighted by Crippen LogP contribution is 2.14. The van der Waals surface area contributed by atoms with Gasteiger partial charge in [0.05, 0.1) is 0 Å². The van der Waals surface area contributed by atoms with Gasteiger partial charge in [-0.3, -0.25) is 0 Å². The molecule has 6 heteroatoms. The zero-order valence-corrected chi connectivity index (χ0v) is 13.3. The van der Waals surface area contributed by atoms with Crippen molar-refractivity contribution in [3.05, 3.63) is 35.4 Å². The van der Waals surface area contributed by atoms with Gasteiger partial charge in [-0.15, -0.1) is 0 Å². The Morgan fingerprint density at radius 3 is 2.57 bits per heavy atom. The zero-order valence-electron chi connectivity index (χ0n) is 12.5. The predicted octanol–water partition coefficient (Wildman–Crippen LogP) is 2.70. The van der Waals surface area contributed by atoms with Crippen molar-refractivity contribution in [2.45, 2.75) is 38.6 Å². The van der Waals surface area contributed by atoms with E-state index in [0.717, 1.165) is 19.0 Å². The maximum absolute atomic E-state index is 13.7. The van der Waals surface area contributed by atoms with Crippen LogP contribution in [0, 0.1) is 11.6 Å². The van der Waals surface area contributed by atoms with E-state index in [1.54, 1.807) is 0 Å². The summed E-state index contributed by atoms with van der Waals surface area (Å²) >= 11 is 0. The second kappa shape index (κ2) is 8.44. The highest BCUT2D eigenvalue weighted by molar-refractivity contribution is 7.90. The highest BCUT2D eigenvalue weighted by atomic mass is 32.2. The third kappa shape index (κ3) is 7.52. The lowest BCUT2D eigenvalue weighted by Crippen LogP contribution is -2.32. The van der Waals surface area contributed by atoms with Gasteiger partial charge in [-0.05, 0) is 43.9 Å². The van der Waals surface area contributed by atoms with Gasteiger partial charge in [0.2, 0.25) is 0 Å². The molecule has 1 unspecified atom stereocenters. The molecule has 1 N–H and O–H groups in total. The third-order valence-corrected chi connectivity index (χ3v) is 4.26. The molecule has 1 aromatic carbocycles. The molecule has 0 aliphatic heterocycles. The quantitative estimate of drug-likeness (QED) is 0.761. The van der Waals surface area contributed by atoms with E-state index in [4.69, 9.17) is 0 Å². The predicted molar refractivity (Wildman–Crippen MR) is 81.1 cm³/mol. The summed E-state index contributed by atoms with van der Waals surface area (Å²) in [5.74, 6) is -1.02. The number of hydrogen-bond donors (Lipinski definition) is 1. The van der Waals surface area contributed by atoms with Gasteiger partial charge in [0.1, 0.15) is 21.5 Å². The van der Waals surface area contributed by atoms with Crippen molar-refractivity contribution in [3.8, 4) is 0 Å². The Kier molecular flexibility index (Phi) is 7.25. The van der Waals surface area contributed by atoms with Crippen molar-refractivity contribution in [1.29, 1.82) is 0 Å². The van der Waals surface area contributed by atoms with E-state index in [-0.39, 0.29) is 11.8 Å². The first-order chi connectivity index (χ1) is 9.81. The first-order valence-corrected chi connectivity index (χ1v) is 9.23. The van der Waals surface area contributed by atoms with Crippen molar-refractivity contribution >= 4 is 9.84 Å². The van der Waals surface area contributed by atoms with E-state index in [2.05, 4.69) is 5.32 Å². The van der Waals surface area contributed by atoms with E-state index < -0.39 is 21.5 Å². The minimum absolute atomic E-state index is 0.00772. The molecule has 0 saturated carbocycles. The minimum Gasteiger partial charge on any atom is -0.314 e. The second-order valence-corrected chi connectivity index (χ2v) is 7.62. The molecule has 0 aliphatic rings. The first-order valence-electron chi connectivity index (χ1n) is 7.17. The Hall–Kier alpha value is -1.01. The molecule has 3 nitrogen and oxygen atoms in total. The topological polar surface area (TPSA) is 46.2 Å². The molecule has 0 amide bonds. The number of halogens is 2. The molecule has 0 heterocycles. The SMILES string of the molecule is CCCNC(CCCS(C)(=O)=O)Cc1ccc(F)cc1F. The molecular formula is C15H23F2NO2S. The lowest BCUT2D eigenvalue weighted by atomic mass is 10.0. The fraction of sp³-hybridized carbons (Fsp3) is 0.600. The van der Waals surface area contributed by atoms with Crippen LogP contribution in [0.25, 0.3) is 0 Å². The Labute approximate surface area is 125 Å². The molecule has 1 atom stereocenters. The molecule has 120 valence electrons. The summed E-state index contributed by atoms with van der Waals surface area (Å²) in [4.78, 5) is 0. The summed E-state index contributed by atoms with van der Waals surface area (Å²) in [5, 5.41) is 3.29. The maximum atomic E-state index is 13.7. The summed E-state index contributed by atoms with van der Waals surface area (Å²) in [7, 11) is -2.98. The molecule has 1 rings (SSSR count). The van der Waals surface area contributed by atoms with E-state index >= 15 is 0 Å². The van der Waals surface area contributed by atoms with Crippen LogP contribution in [0.5, 0.6) is 0 Å². The van der Waals surface area contributed by atoms with Crippen LogP contribution < -0.4 is 5.32 Å². The molecule has 0 saturated heterocycles. The zero-order chi connectivity index (χ0) is 15.9. The molecule has 0 spiro atoms. The van der Waals surface area contributed by atoms with Crippen LogP contribution in [-0.4, -0.2) is 33.0 Å². The van der Waals surface area contributed by atoms with Gasteiger partial charge in [0.25, 0.3) is 0 Å². The maximum Gasteiger partial charge on any atom is 0.147 e. The van der Waals surface area contributed by atoms with Crippen LogP contribution >= 0.6 is 0 Å². The average Bonchev–Trinajstić information content (AvgIpc) is 2.37. The van der Waals surface area contributed by atoms with Gasteiger partial charge in [-0.25, -0.2) is 17.2 Å². The number of nitrogens with one attached hydrogen (secondary N) is 1. The molecular weight excluding hydrogens is 296 g/mol. The minimum atomic E-state index is -2.98. The monoisotopic (exact) mass is 319 g/mol. The van der Waals surface area contributed by atoms with E-state index in [1.165, 1.54) is 18.4 Å². The molecule has 21 heavy (non-hydrogen) atoms. The van der Waals surface area contributed by atoms with Crippen LogP contribution in [0.15, 0.2) is 18.2 Å². The van der Waals surface area contributed by atoms with Crippen molar-refractivity contribution in [2.75, 3.05) is 18.6 Å². The molecule has 1 aromatic rings. The van der Waals surface area contributed by atoms with Crippen LogP contribution in [0.4, 0.5) is 8.78 Å².